The largest absolute Gasteiger partial charge is 0.455 e. The zero-order valence-corrected chi connectivity index (χ0v) is 14.9. The quantitative estimate of drug-likeness (QED) is 0.582. The van der Waals surface area contributed by atoms with Crippen LogP contribution in [0.1, 0.15) is 32.4 Å². The van der Waals surface area contributed by atoms with Crippen molar-refractivity contribution in [2.45, 2.75) is 32.3 Å². The summed E-state index contributed by atoms with van der Waals surface area (Å²) in [6.07, 6.45) is 2.38. The highest BCUT2D eigenvalue weighted by Gasteiger charge is 2.50. The first-order chi connectivity index (χ1) is 11.4. The van der Waals surface area contributed by atoms with Gasteiger partial charge in [0.1, 0.15) is 0 Å². The molecule has 1 amide bonds. The Morgan fingerprint density at radius 1 is 1.42 bits per heavy atom. The molecule has 0 bridgehead atoms. The first-order valence-corrected chi connectivity index (χ1v) is 8.44. The number of halogens is 1. The second-order valence-corrected chi connectivity index (χ2v) is 6.07. The van der Waals surface area contributed by atoms with Crippen molar-refractivity contribution in [1.29, 1.82) is 0 Å². The van der Waals surface area contributed by atoms with Crippen LogP contribution in [0.25, 0.3) is 0 Å². The number of hydrogen-bond acceptors (Lipinski definition) is 6. The normalized spacial score (nSPS) is 19.9. The molecule has 128 valence electrons. The number of carbonyl (C=O) groups is 3. The summed E-state index contributed by atoms with van der Waals surface area (Å²) < 4.78 is 10.6. The average Bonchev–Trinajstić information content (AvgIpc) is 2.79. The molecule has 2 heterocycles. The van der Waals surface area contributed by atoms with Crippen molar-refractivity contribution in [3.8, 4) is 0 Å². The van der Waals surface area contributed by atoms with Crippen molar-refractivity contribution in [1.82, 2.24) is 10.3 Å². The van der Waals surface area contributed by atoms with Crippen molar-refractivity contribution >= 4 is 33.6 Å². The van der Waals surface area contributed by atoms with Gasteiger partial charge in [0, 0.05) is 24.9 Å². The van der Waals surface area contributed by atoms with E-state index in [-0.39, 0.29) is 24.0 Å². The minimum atomic E-state index is -1.47. The van der Waals surface area contributed by atoms with E-state index >= 15 is 0 Å². The molecule has 1 aromatic heterocycles. The summed E-state index contributed by atoms with van der Waals surface area (Å²) in [5, 5.41) is 3.16. The molecule has 7 nitrogen and oxygen atoms in total. The van der Waals surface area contributed by atoms with Crippen LogP contribution in [-0.2, 0) is 29.5 Å². The molecule has 1 aliphatic rings. The molecule has 1 N–H and O–H groups in total. The van der Waals surface area contributed by atoms with Crippen molar-refractivity contribution in [2.75, 3.05) is 5.33 Å². The highest BCUT2D eigenvalue weighted by Crippen LogP contribution is 2.37. The predicted molar refractivity (Wildman–Crippen MR) is 87.6 cm³/mol. The van der Waals surface area contributed by atoms with Gasteiger partial charge in [-0.2, -0.15) is 0 Å². The third-order valence-electron chi connectivity index (χ3n) is 3.34. The second-order valence-electron chi connectivity index (χ2n) is 5.27. The lowest BCUT2D eigenvalue weighted by molar-refractivity contribution is -0.142. The number of nitrogens with zero attached hydrogens (tertiary/aromatic N) is 1. The van der Waals surface area contributed by atoms with Gasteiger partial charge in [0.05, 0.1) is 5.69 Å². The highest BCUT2D eigenvalue weighted by molar-refractivity contribution is 9.09. The summed E-state index contributed by atoms with van der Waals surface area (Å²) in [5.74, 6) is -2.08. The van der Waals surface area contributed by atoms with Gasteiger partial charge < -0.3 is 9.47 Å². The molecule has 0 spiro atoms. The standard InChI is InChI=1S/C16H17BrN2O5/c1-10(20)23-13-14(22)16(2,11-6-3-4-9-18-11)24-15(13)19-12(21)7-5-8-17/h3-4,6,9H,5,7-8H2,1-2H3,(H,19,21). The molecule has 0 fully saturated rings. The van der Waals surface area contributed by atoms with Gasteiger partial charge in [0.15, 0.2) is 0 Å². The van der Waals surface area contributed by atoms with Gasteiger partial charge in [-0.1, -0.05) is 22.0 Å². The van der Waals surface area contributed by atoms with Gasteiger partial charge in [-0.05, 0) is 25.5 Å². The minimum Gasteiger partial charge on any atom is -0.455 e. The lowest BCUT2D eigenvalue weighted by Gasteiger charge is -2.22. The molecule has 8 heteroatoms. The molecule has 1 unspecified atom stereocenters. The number of rotatable bonds is 6. The van der Waals surface area contributed by atoms with Gasteiger partial charge in [-0.3, -0.25) is 24.7 Å². The average molecular weight is 397 g/mol. The van der Waals surface area contributed by atoms with E-state index in [0.717, 1.165) is 0 Å². The van der Waals surface area contributed by atoms with Gasteiger partial charge >= 0.3 is 5.97 Å². The monoisotopic (exact) mass is 396 g/mol. The van der Waals surface area contributed by atoms with Crippen molar-refractivity contribution < 1.29 is 23.9 Å². The Balaban J connectivity index is 2.30. The molecular weight excluding hydrogens is 380 g/mol. The molecule has 1 aliphatic heterocycles. The Hall–Kier alpha value is -2.22. The molecular formula is C16H17BrN2O5. The van der Waals surface area contributed by atoms with Gasteiger partial charge in [0.2, 0.25) is 23.2 Å². The molecule has 0 saturated heterocycles. The van der Waals surface area contributed by atoms with Gasteiger partial charge in [0.25, 0.3) is 5.78 Å². The van der Waals surface area contributed by atoms with Crippen LogP contribution in [0.2, 0.25) is 0 Å². The fourth-order valence-corrected chi connectivity index (χ4v) is 2.45. The molecule has 1 aromatic rings. The van der Waals surface area contributed by atoms with Gasteiger partial charge in [-0.25, -0.2) is 0 Å². The molecule has 0 aromatic carbocycles. The van der Waals surface area contributed by atoms with Crippen LogP contribution in [0.3, 0.4) is 0 Å². The van der Waals surface area contributed by atoms with Crippen molar-refractivity contribution in [3.05, 3.63) is 41.7 Å². The molecule has 0 saturated carbocycles. The summed E-state index contributed by atoms with van der Waals surface area (Å²) in [5.41, 5.74) is -1.12. The number of esters is 1. The van der Waals surface area contributed by atoms with Crippen LogP contribution >= 0.6 is 15.9 Å². The zero-order valence-electron chi connectivity index (χ0n) is 13.3. The van der Waals surface area contributed by atoms with Crippen molar-refractivity contribution in [3.63, 3.8) is 0 Å². The summed E-state index contributed by atoms with van der Waals surface area (Å²) in [6.45, 7) is 2.68. The van der Waals surface area contributed by atoms with E-state index in [4.69, 9.17) is 9.47 Å². The second kappa shape index (κ2) is 7.57. The smallest absolute Gasteiger partial charge is 0.308 e. The summed E-state index contributed by atoms with van der Waals surface area (Å²) in [6, 6.07) is 5.04. The Labute approximate surface area is 147 Å². The number of carbonyl (C=O) groups excluding carboxylic acids is 3. The van der Waals surface area contributed by atoms with Crippen molar-refractivity contribution in [2.24, 2.45) is 0 Å². The summed E-state index contributed by atoms with van der Waals surface area (Å²) in [4.78, 5) is 40.1. The summed E-state index contributed by atoms with van der Waals surface area (Å²) >= 11 is 3.24. The summed E-state index contributed by atoms with van der Waals surface area (Å²) in [7, 11) is 0. The first kappa shape index (κ1) is 18.1. The number of ether oxygens (including phenoxy) is 2. The van der Waals surface area contributed by atoms with Crippen LogP contribution < -0.4 is 5.32 Å². The number of ketones is 1. The fraction of sp³-hybridized carbons (Fsp3) is 0.375. The minimum absolute atomic E-state index is 0.164. The maximum atomic E-state index is 12.7. The molecule has 0 aliphatic carbocycles. The van der Waals surface area contributed by atoms with E-state index in [1.165, 1.54) is 20.0 Å². The number of aromatic nitrogens is 1. The number of alkyl halides is 1. The first-order valence-electron chi connectivity index (χ1n) is 7.32. The molecule has 24 heavy (non-hydrogen) atoms. The zero-order chi connectivity index (χ0) is 17.7. The van der Waals surface area contributed by atoms with Crippen LogP contribution in [0, 0.1) is 0 Å². The molecule has 2 rings (SSSR count). The number of hydrogen-bond donors (Lipinski definition) is 1. The lowest BCUT2D eigenvalue weighted by Crippen LogP contribution is -2.33. The van der Waals surface area contributed by atoms with Crippen LogP contribution in [0.4, 0.5) is 0 Å². The number of pyridine rings is 1. The third-order valence-corrected chi connectivity index (χ3v) is 3.90. The molecule has 1 atom stereocenters. The Morgan fingerprint density at radius 2 is 2.17 bits per heavy atom. The van der Waals surface area contributed by atoms with E-state index in [1.807, 2.05) is 0 Å². The van der Waals surface area contributed by atoms with E-state index in [2.05, 4.69) is 26.2 Å². The maximum absolute atomic E-state index is 12.7. The Morgan fingerprint density at radius 3 is 2.75 bits per heavy atom. The van der Waals surface area contributed by atoms with E-state index in [1.54, 1.807) is 18.2 Å². The van der Waals surface area contributed by atoms with E-state index in [9.17, 15) is 14.4 Å². The molecule has 0 radical (unpaired) electrons. The number of Topliss-reactive ketones (excluding diaryl/α,β-unsaturated/α-hetero) is 1. The predicted octanol–water partition coefficient (Wildman–Crippen LogP) is 1.92. The van der Waals surface area contributed by atoms with E-state index < -0.39 is 17.4 Å². The fourth-order valence-electron chi connectivity index (χ4n) is 2.17. The SMILES string of the molecule is CC(=O)OC1=C(NC(=O)CCCBr)OC(C)(c2ccccn2)C1=O. The Kier molecular flexibility index (Phi) is 5.71. The highest BCUT2D eigenvalue weighted by atomic mass is 79.9. The number of nitrogens with one attached hydrogen (secondary N) is 1. The van der Waals surface area contributed by atoms with Gasteiger partial charge in [-0.15, -0.1) is 0 Å². The maximum Gasteiger partial charge on any atom is 0.308 e. The van der Waals surface area contributed by atoms with Crippen LogP contribution in [0.5, 0.6) is 0 Å². The number of amides is 1. The van der Waals surface area contributed by atoms with E-state index in [0.29, 0.717) is 17.4 Å². The van der Waals surface area contributed by atoms with Crippen LogP contribution in [-0.4, -0.2) is 28.0 Å². The lowest BCUT2D eigenvalue weighted by atomic mass is 9.96. The topological polar surface area (TPSA) is 94.6 Å². The Bertz CT molecular complexity index is 689. The third kappa shape index (κ3) is 3.81. The van der Waals surface area contributed by atoms with Crippen LogP contribution in [0.15, 0.2) is 36.0 Å².